The summed E-state index contributed by atoms with van der Waals surface area (Å²) in [6, 6.07) is 6.06. The molecule has 0 amide bonds. The first-order valence-electron chi connectivity index (χ1n) is 5.06. The second-order valence-electron chi connectivity index (χ2n) is 3.94. The second kappa shape index (κ2) is 3.84. The number of benzene rings is 1. The molecular weight excluding hydrogens is 228 g/mol. The van der Waals surface area contributed by atoms with Gasteiger partial charge in [0.25, 0.3) is 5.92 Å². The maximum atomic E-state index is 13.8. The number of aliphatic carboxylic acids is 1. The van der Waals surface area contributed by atoms with Crippen LogP contribution < -0.4 is 0 Å². The summed E-state index contributed by atoms with van der Waals surface area (Å²) in [5.41, 5.74) is 0.422. The number of rotatable bonds is 3. The average Bonchev–Trinajstić information content (AvgIpc) is 2.58. The molecule has 2 rings (SSSR count). The van der Waals surface area contributed by atoms with E-state index in [1.54, 1.807) is 29.9 Å². The Kier molecular flexibility index (Phi) is 2.61. The highest BCUT2D eigenvalue weighted by atomic mass is 19.3. The van der Waals surface area contributed by atoms with E-state index in [2.05, 4.69) is 0 Å². The van der Waals surface area contributed by atoms with Crippen molar-refractivity contribution in [3.63, 3.8) is 0 Å². The van der Waals surface area contributed by atoms with Crippen LogP contribution in [0.25, 0.3) is 10.9 Å². The number of aromatic nitrogens is 1. The molecule has 90 valence electrons. The topological polar surface area (TPSA) is 42.2 Å². The van der Waals surface area contributed by atoms with Crippen LogP contribution in [0.2, 0.25) is 0 Å². The molecule has 0 spiro atoms. The van der Waals surface area contributed by atoms with Crippen LogP contribution in [0.5, 0.6) is 0 Å². The van der Waals surface area contributed by atoms with Gasteiger partial charge in [-0.15, -0.1) is 0 Å². The Morgan fingerprint density at radius 1 is 1.41 bits per heavy atom. The molecule has 0 saturated heterocycles. The molecular formula is C12H11F2NO2. The fraction of sp³-hybridized carbons (Fsp3) is 0.250. The lowest BCUT2D eigenvalue weighted by atomic mass is 10.0. The average molecular weight is 239 g/mol. The smallest absolute Gasteiger partial charge is 0.309 e. The van der Waals surface area contributed by atoms with E-state index in [-0.39, 0.29) is 5.56 Å². The zero-order valence-corrected chi connectivity index (χ0v) is 9.15. The highest BCUT2D eigenvalue weighted by molar-refractivity contribution is 5.85. The van der Waals surface area contributed by atoms with Crippen molar-refractivity contribution in [1.82, 2.24) is 4.57 Å². The van der Waals surface area contributed by atoms with Crippen LogP contribution in [0.3, 0.4) is 0 Å². The van der Waals surface area contributed by atoms with E-state index in [0.717, 1.165) is 0 Å². The van der Waals surface area contributed by atoms with Gasteiger partial charge in [-0.25, -0.2) is 8.78 Å². The molecule has 0 aliphatic heterocycles. The molecule has 0 aliphatic carbocycles. The molecule has 1 N–H and O–H groups in total. The molecule has 5 heteroatoms. The summed E-state index contributed by atoms with van der Waals surface area (Å²) >= 11 is 0. The molecule has 0 radical (unpaired) electrons. The summed E-state index contributed by atoms with van der Waals surface area (Å²) in [4.78, 5) is 10.4. The van der Waals surface area contributed by atoms with E-state index < -0.39 is 18.3 Å². The third kappa shape index (κ3) is 2.00. The number of carbonyl (C=O) groups is 1. The fourth-order valence-corrected chi connectivity index (χ4v) is 1.91. The number of alkyl halides is 2. The summed E-state index contributed by atoms with van der Waals surface area (Å²) in [5, 5.41) is 8.89. The Bertz CT molecular complexity index is 575. The van der Waals surface area contributed by atoms with Crippen LogP contribution in [-0.4, -0.2) is 15.6 Å². The molecule has 2 aromatic rings. The number of carboxylic acid groups (broad SMARTS) is 1. The molecule has 0 atom stereocenters. The number of hydrogen-bond donors (Lipinski definition) is 1. The van der Waals surface area contributed by atoms with Gasteiger partial charge in [0.1, 0.15) is 6.42 Å². The predicted octanol–water partition coefficient (Wildman–Crippen LogP) is 2.74. The first-order valence-corrected chi connectivity index (χ1v) is 5.06. The Morgan fingerprint density at radius 2 is 2.12 bits per heavy atom. The molecule has 17 heavy (non-hydrogen) atoms. The summed E-state index contributed by atoms with van der Waals surface area (Å²) in [5.74, 6) is -4.87. The van der Waals surface area contributed by atoms with Gasteiger partial charge in [-0.1, -0.05) is 12.1 Å². The number of carboxylic acids is 1. The Balaban J connectivity index is 2.58. The number of halogens is 2. The molecule has 1 aromatic carbocycles. The third-order valence-electron chi connectivity index (χ3n) is 2.70. The molecule has 0 bridgehead atoms. The van der Waals surface area contributed by atoms with E-state index in [1.165, 1.54) is 12.1 Å². The van der Waals surface area contributed by atoms with Crippen molar-refractivity contribution in [1.29, 1.82) is 0 Å². The third-order valence-corrected chi connectivity index (χ3v) is 2.70. The van der Waals surface area contributed by atoms with Gasteiger partial charge in [0, 0.05) is 29.7 Å². The quantitative estimate of drug-likeness (QED) is 0.894. The van der Waals surface area contributed by atoms with Crippen molar-refractivity contribution in [2.24, 2.45) is 7.05 Å². The molecule has 0 saturated carbocycles. The Morgan fingerprint density at radius 3 is 2.76 bits per heavy atom. The highest BCUT2D eigenvalue weighted by Gasteiger charge is 2.36. The van der Waals surface area contributed by atoms with E-state index in [9.17, 15) is 13.6 Å². The second-order valence-corrected chi connectivity index (χ2v) is 3.94. The van der Waals surface area contributed by atoms with Crippen LogP contribution in [0.1, 0.15) is 12.0 Å². The summed E-state index contributed by atoms with van der Waals surface area (Å²) in [6.45, 7) is 0. The molecule has 0 aliphatic rings. The minimum atomic E-state index is -3.35. The van der Waals surface area contributed by atoms with Crippen LogP contribution in [0, 0.1) is 0 Å². The maximum Gasteiger partial charge on any atom is 0.309 e. The van der Waals surface area contributed by atoms with Crippen LogP contribution in [-0.2, 0) is 17.8 Å². The van der Waals surface area contributed by atoms with Gasteiger partial charge < -0.3 is 9.67 Å². The van der Waals surface area contributed by atoms with Crippen molar-refractivity contribution in [3.8, 4) is 0 Å². The lowest BCUT2D eigenvalue weighted by Gasteiger charge is -2.15. The molecule has 3 nitrogen and oxygen atoms in total. The number of hydrogen-bond acceptors (Lipinski definition) is 1. The zero-order valence-electron chi connectivity index (χ0n) is 9.15. The van der Waals surface area contributed by atoms with Crippen molar-refractivity contribution in [2.75, 3.05) is 0 Å². The largest absolute Gasteiger partial charge is 0.481 e. The summed E-state index contributed by atoms with van der Waals surface area (Å²) < 4.78 is 29.2. The minimum Gasteiger partial charge on any atom is -0.481 e. The number of fused-ring (bicyclic) bond motifs is 1. The van der Waals surface area contributed by atoms with Crippen LogP contribution >= 0.6 is 0 Å². The highest BCUT2D eigenvalue weighted by Crippen LogP contribution is 2.36. The van der Waals surface area contributed by atoms with Crippen LogP contribution in [0.4, 0.5) is 8.78 Å². The van der Waals surface area contributed by atoms with Gasteiger partial charge in [-0.2, -0.15) is 0 Å². The van der Waals surface area contributed by atoms with Gasteiger partial charge in [0.15, 0.2) is 0 Å². The van der Waals surface area contributed by atoms with E-state index >= 15 is 0 Å². The lowest BCUT2D eigenvalue weighted by molar-refractivity contribution is -0.145. The lowest BCUT2D eigenvalue weighted by Crippen LogP contribution is -2.18. The molecule has 1 aromatic heterocycles. The maximum absolute atomic E-state index is 13.8. The number of nitrogens with zero attached hydrogens (tertiary/aromatic N) is 1. The van der Waals surface area contributed by atoms with Crippen molar-refractivity contribution in [3.05, 3.63) is 36.0 Å². The minimum absolute atomic E-state index is 0.238. The van der Waals surface area contributed by atoms with Gasteiger partial charge >= 0.3 is 5.97 Å². The molecule has 0 fully saturated rings. The number of aryl methyl sites for hydroxylation is 1. The first kappa shape index (κ1) is 11.6. The van der Waals surface area contributed by atoms with Crippen molar-refractivity contribution < 1.29 is 18.7 Å². The molecule has 0 unspecified atom stereocenters. The van der Waals surface area contributed by atoms with Crippen molar-refractivity contribution in [2.45, 2.75) is 12.3 Å². The summed E-state index contributed by atoms with van der Waals surface area (Å²) in [7, 11) is 1.75. The van der Waals surface area contributed by atoms with Gasteiger partial charge in [0.05, 0.1) is 0 Å². The van der Waals surface area contributed by atoms with Crippen LogP contribution in [0.15, 0.2) is 30.5 Å². The predicted molar refractivity (Wildman–Crippen MR) is 59.1 cm³/mol. The summed E-state index contributed by atoms with van der Waals surface area (Å²) in [6.07, 6.45) is 0.478. The Labute approximate surface area is 96.3 Å². The zero-order chi connectivity index (χ0) is 12.6. The van der Waals surface area contributed by atoms with Gasteiger partial charge in [-0.05, 0) is 12.1 Å². The standard InChI is InChI=1S/C12H11F2NO2/c1-15-6-5-8-9(3-2-4-10(8)15)12(13,14)7-11(16)17/h2-6H,7H2,1H3,(H,16,17). The molecule has 1 heterocycles. The van der Waals surface area contributed by atoms with Gasteiger partial charge in [0.2, 0.25) is 0 Å². The Hall–Kier alpha value is -1.91. The van der Waals surface area contributed by atoms with E-state index in [0.29, 0.717) is 10.9 Å². The SMILES string of the molecule is Cn1ccc2c(C(F)(F)CC(=O)O)cccc21. The van der Waals surface area contributed by atoms with Gasteiger partial charge in [-0.3, -0.25) is 4.79 Å². The monoisotopic (exact) mass is 239 g/mol. The van der Waals surface area contributed by atoms with E-state index in [4.69, 9.17) is 5.11 Å². The fourth-order valence-electron chi connectivity index (χ4n) is 1.91. The first-order chi connectivity index (χ1) is 7.92. The normalized spacial score (nSPS) is 11.9. The van der Waals surface area contributed by atoms with Crippen molar-refractivity contribution >= 4 is 16.9 Å². The van der Waals surface area contributed by atoms with E-state index in [1.807, 2.05) is 0 Å².